The van der Waals surface area contributed by atoms with E-state index in [9.17, 15) is 15.3 Å². The zero-order valence-electron chi connectivity index (χ0n) is 20.6. The van der Waals surface area contributed by atoms with E-state index in [1.165, 1.54) is 32.8 Å². The van der Waals surface area contributed by atoms with Crippen molar-refractivity contribution in [2.75, 3.05) is 20.3 Å². The summed E-state index contributed by atoms with van der Waals surface area (Å²) in [5.74, 6) is -0.414. The Morgan fingerprint density at radius 3 is 2.43 bits per heavy atom. The number of aliphatic hydroxyl groups excluding tert-OH is 3. The largest absolute Gasteiger partial charge is 0.493 e. The molecule has 2 aromatic rings. The lowest BCUT2D eigenvalue weighted by Crippen LogP contribution is -2.55. The average molecular weight is 505 g/mol. The van der Waals surface area contributed by atoms with Crippen LogP contribution in [0.25, 0.3) is 0 Å². The van der Waals surface area contributed by atoms with E-state index in [1.54, 1.807) is 12.1 Å². The Balaban J connectivity index is 1.48. The van der Waals surface area contributed by atoms with E-state index in [0.29, 0.717) is 22.4 Å². The van der Waals surface area contributed by atoms with Crippen molar-refractivity contribution in [1.82, 2.24) is 0 Å². The van der Waals surface area contributed by atoms with Crippen LogP contribution in [0.1, 0.15) is 62.1 Å². The van der Waals surface area contributed by atoms with Crippen LogP contribution in [0, 0.1) is 5.41 Å². The first kappa shape index (κ1) is 26.4. The number of hydrogen-bond donors (Lipinski definition) is 3. The molecule has 1 saturated heterocycles. The minimum Gasteiger partial charge on any atom is -0.493 e. The first-order valence-electron chi connectivity index (χ1n) is 12.5. The Morgan fingerprint density at radius 2 is 1.80 bits per heavy atom. The summed E-state index contributed by atoms with van der Waals surface area (Å²) in [6, 6.07) is 13.6. The van der Waals surface area contributed by atoms with E-state index in [-0.39, 0.29) is 6.42 Å². The molecule has 2 aliphatic rings. The minimum absolute atomic E-state index is 0.0352. The van der Waals surface area contributed by atoms with Crippen molar-refractivity contribution < 1.29 is 29.5 Å². The van der Waals surface area contributed by atoms with Gasteiger partial charge in [-0.2, -0.15) is 0 Å². The van der Waals surface area contributed by atoms with E-state index in [0.717, 1.165) is 29.9 Å². The molecular weight excluding hydrogens is 468 g/mol. The first-order chi connectivity index (χ1) is 16.8. The van der Waals surface area contributed by atoms with E-state index in [2.05, 4.69) is 19.1 Å². The maximum absolute atomic E-state index is 10.4. The molecule has 0 radical (unpaired) electrons. The molecule has 0 unspecified atom stereocenters. The predicted molar refractivity (Wildman–Crippen MR) is 135 cm³/mol. The number of methoxy groups -OCH3 is 1. The van der Waals surface area contributed by atoms with Crippen LogP contribution in [0.2, 0.25) is 5.02 Å². The third-order valence-electron chi connectivity index (χ3n) is 7.87. The van der Waals surface area contributed by atoms with Gasteiger partial charge in [0.05, 0.1) is 19.3 Å². The Bertz CT molecular complexity index is 974. The summed E-state index contributed by atoms with van der Waals surface area (Å²) in [7, 11) is 1.49. The van der Waals surface area contributed by atoms with E-state index in [4.69, 9.17) is 25.8 Å². The maximum Gasteiger partial charge on any atom is 0.197 e. The average Bonchev–Trinajstić information content (AvgIpc) is 3.36. The highest BCUT2D eigenvalue weighted by molar-refractivity contribution is 6.31. The fourth-order valence-corrected chi connectivity index (χ4v) is 5.60. The number of halogens is 1. The number of aliphatic hydroxyl groups is 3. The normalized spacial score (nSPS) is 28.2. The molecule has 3 N–H and O–H groups in total. The van der Waals surface area contributed by atoms with Crippen molar-refractivity contribution in [3.63, 3.8) is 0 Å². The second-order valence-corrected chi connectivity index (χ2v) is 10.4. The molecule has 6 nitrogen and oxygen atoms in total. The molecule has 1 aliphatic carbocycles. The summed E-state index contributed by atoms with van der Waals surface area (Å²) in [6.45, 7) is 2.59. The van der Waals surface area contributed by atoms with Gasteiger partial charge in [-0.3, -0.25) is 0 Å². The van der Waals surface area contributed by atoms with Crippen molar-refractivity contribution in [2.24, 2.45) is 5.41 Å². The third kappa shape index (κ3) is 5.68. The van der Waals surface area contributed by atoms with Crippen LogP contribution in [0.4, 0.5) is 0 Å². The van der Waals surface area contributed by atoms with Gasteiger partial charge in [0.1, 0.15) is 18.0 Å². The molecule has 4 atom stereocenters. The molecule has 0 spiro atoms. The summed E-state index contributed by atoms with van der Waals surface area (Å²) >= 11 is 6.53. The lowest BCUT2D eigenvalue weighted by Gasteiger charge is -2.44. The van der Waals surface area contributed by atoms with Gasteiger partial charge in [0.2, 0.25) is 0 Å². The number of hydrogen-bond acceptors (Lipinski definition) is 6. The van der Waals surface area contributed by atoms with Crippen LogP contribution in [0.3, 0.4) is 0 Å². The monoisotopic (exact) mass is 504 g/mol. The van der Waals surface area contributed by atoms with Crippen LogP contribution in [-0.2, 0) is 21.7 Å². The Morgan fingerprint density at radius 1 is 1.09 bits per heavy atom. The van der Waals surface area contributed by atoms with Gasteiger partial charge < -0.3 is 29.5 Å². The Kier molecular flexibility index (Phi) is 8.41. The molecule has 7 heteroatoms. The van der Waals surface area contributed by atoms with Gasteiger partial charge in [0.15, 0.2) is 5.79 Å². The van der Waals surface area contributed by atoms with E-state index in [1.807, 2.05) is 18.2 Å². The molecule has 1 heterocycles. The molecule has 1 aliphatic heterocycles. The van der Waals surface area contributed by atoms with Gasteiger partial charge >= 0.3 is 0 Å². The summed E-state index contributed by atoms with van der Waals surface area (Å²) < 4.78 is 17.8. The van der Waals surface area contributed by atoms with Gasteiger partial charge in [-0.1, -0.05) is 49.6 Å². The molecule has 0 bridgehead atoms. The van der Waals surface area contributed by atoms with Crippen molar-refractivity contribution >= 4 is 11.6 Å². The second kappa shape index (κ2) is 11.2. The number of ether oxygens (including phenoxy) is 3. The van der Waals surface area contributed by atoms with Crippen LogP contribution in [0.15, 0.2) is 42.5 Å². The fraction of sp³-hybridized carbons (Fsp3) is 0.571. The highest BCUT2D eigenvalue weighted by Crippen LogP contribution is 2.42. The molecule has 2 fully saturated rings. The summed E-state index contributed by atoms with van der Waals surface area (Å²) in [4.78, 5) is 0. The summed E-state index contributed by atoms with van der Waals surface area (Å²) in [6.07, 6.45) is 3.64. The first-order valence-corrected chi connectivity index (χ1v) is 12.9. The van der Waals surface area contributed by atoms with Gasteiger partial charge in [0, 0.05) is 29.5 Å². The van der Waals surface area contributed by atoms with Crippen LogP contribution in [0.5, 0.6) is 5.75 Å². The van der Waals surface area contributed by atoms with Crippen molar-refractivity contribution in [3.05, 3.63) is 64.2 Å². The standard InChI is InChI=1S/C28H37ClO6/c1-3-27(12-4-5-13-27)18-34-22-9-6-19(7-10-22)14-20-15-21(8-11-23(20)29)28(33-2)16-24(31)26(32)25(17-30)35-28/h6-11,15,24-26,30-32H,3-5,12-14,16-18H2,1-2H3/t24-,25-,26+,28+/m1/s1. The summed E-state index contributed by atoms with van der Waals surface area (Å²) in [5.41, 5.74) is 2.96. The smallest absolute Gasteiger partial charge is 0.197 e. The maximum atomic E-state index is 10.4. The molecule has 35 heavy (non-hydrogen) atoms. The van der Waals surface area contributed by atoms with E-state index < -0.39 is 30.7 Å². The fourth-order valence-electron chi connectivity index (χ4n) is 5.42. The molecule has 1 saturated carbocycles. The quantitative estimate of drug-likeness (QED) is 0.463. The van der Waals surface area contributed by atoms with Gasteiger partial charge in [-0.25, -0.2) is 0 Å². The molecule has 0 aromatic heterocycles. The topological polar surface area (TPSA) is 88.4 Å². The lowest BCUT2D eigenvalue weighted by molar-refractivity contribution is -0.323. The van der Waals surface area contributed by atoms with Crippen LogP contribution < -0.4 is 4.74 Å². The van der Waals surface area contributed by atoms with Gasteiger partial charge in [-0.05, 0) is 61.1 Å². The zero-order chi connectivity index (χ0) is 25.1. The van der Waals surface area contributed by atoms with Gasteiger partial charge in [-0.15, -0.1) is 0 Å². The van der Waals surface area contributed by atoms with Crippen molar-refractivity contribution in [1.29, 1.82) is 0 Å². The predicted octanol–water partition coefficient (Wildman–Crippen LogP) is 4.58. The highest BCUT2D eigenvalue weighted by atomic mass is 35.5. The SMILES string of the molecule is CCC1(COc2ccc(Cc3cc([C@]4(OC)C[C@@H](O)[C@H](O)[C@@H](CO)O4)ccc3Cl)cc2)CCCC1. The number of rotatable bonds is 9. The second-order valence-electron chi connectivity index (χ2n) is 10.0. The molecule has 192 valence electrons. The molecule has 2 aromatic carbocycles. The van der Waals surface area contributed by atoms with Crippen molar-refractivity contribution in [3.8, 4) is 5.75 Å². The van der Waals surface area contributed by atoms with Crippen LogP contribution >= 0.6 is 11.6 Å². The van der Waals surface area contributed by atoms with Crippen molar-refractivity contribution in [2.45, 2.75) is 76.0 Å². The Hall–Kier alpha value is -1.67. The minimum atomic E-state index is -1.29. The molecule has 0 amide bonds. The molecular formula is C28H37ClO6. The molecule has 4 rings (SSSR count). The van der Waals surface area contributed by atoms with Crippen LogP contribution in [-0.4, -0.2) is 54.0 Å². The van der Waals surface area contributed by atoms with E-state index >= 15 is 0 Å². The van der Waals surface area contributed by atoms with Gasteiger partial charge in [0.25, 0.3) is 0 Å². The lowest BCUT2D eigenvalue weighted by atomic mass is 9.84. The zero-order valence-corrected chi connectivity index (χ0v) is 21.3. The Labute approximate surface area is 212 Å². The highest BCUT2D eigenvalue weighted by Gasteiger charge is 2.47. The third-order valence-corrected chi connectivity index (χ3v) is 8.24. The summed E-state index contributed by atoms with van der Waals surface area (Å²) in [5, 5.41) is 30.7. The number of benzene rings is 2.